The third-order valence-electron chi connectivity index (χ3n) is 6.02. The number of benzene rings is 2. The minimum Gasteiger partial charge on any atom is -0.539 e. The first-order valence-corrected chi connectivity index (χ1v) is 12.0. The summed E-state index contributed by atoms with van der Waals surface area (Å²) in [6, 6.07) is 13.6. The van der Waals surface area contributed by atoms with E-state index in [1.54, 1.807) is 20.1 Å². The Labute approximate surface area is 228 Å². The fourth-order valence-electron chi connectivity index (χ4n) is 4.24. The summed E-state index contributed by atoms with van der Waals surface area (Å²) in [5.41, 5.74) is 2.43. The number of anilines is 2. The molecule has 1 fully saturated rings. The number of aliphatic carboxylic acids is 2. The smallest absolute Gasteiger partial charge is 0.414 e. The highest BCUT2D eigenvalue weighted by Crippen LogP contribution is 2.46. The summed E-state index contributed by atoms with van der Waals surface area (Å²) in [7, 11) is 3.63. The van der Waals surface area contributed by atoms with E-state index in [2.05, 4.69) is 16.9 Å². The molecule has 0 bridgehead atoms. The van der Waals surface area contributed by atoms with Crippen molar-refractivity contribution in [1.29, 1.82) is 5.39 Å². The standard InChI is InChI=1S/C24H31N4O3.C2H2O4.ClH/c1-4-31-24(29)28(17-18-11-7-5-8-12-18)22-20(26-25)15-16-21(23(22)30-3)27(2)19-13-9-6-10-14-19;3-1(4)2(5)6;/h5,7-8,11-12,15-16,19H,4,6,9-10,13-14,17H2,1-3H3;(H,3,4)(H,5,6);1H/q+1;;/p-1. The predicted molar refractivity (Wildman–Crippen MR) is 143 cm³/mol. The molecule has 1 saturated carbocycles. The number of nitrogens with zero attached hydrogens (tertiary/aromatic N) is 4. The van der Waals surface area contributed by atoms with Crippen molar-refractivity contribution >= 4 is 47.5 Å². The Morgan fingerprint density at radius 2 is 1.71 bits per heavy atom. The van der Waals surface area contributed by atoms with Crippen LogP contribution in [0.3, 0.4) is 0 Å². The van der Waals surface area contributed by atoms with Crippen molar-refractivity contribution in [2.75, 3.05) is 30.6 Å². The first-order chi connectivity index (χ1) is 17.7. The zero-order valence-corrected chi connectivity index (χ0v) is 22.5. The van der Waals surface area contributed by atoms with Gasteiger partial charge in [0, 0.05) is 19.2 Å². The molecule has 11 nitrogen and oxygen atoms in total. The largest absolute Gasteiger partial charge is 0.539 e. The molecule has 3 rings (SSSR count). The molecule has 0 radical (unpaired) electrons. The molecule has 206 valence electrons. The predicted octanol–water partition coefficient (Wildman–Crippen LogP) is 4.35. The molecule has 0 atom stereocenters. The Morgan fingerprint density at radius 1 is 1.11 bits per heavy atom. The number of methoxy groups -OCH3 is 1. The highest BCUT2D eigenvalue weighted by atomic mass is 35.5. The van der Waals surface area contributed by atoms with Crippen LogP contribution in [-0.4, -0.2) is 49.9 Å². The highest BCUT2D eigenvalue weighted by Gasteiger charge is 2.34. The topological polar surface area (TPSA) is 148 Å². The third-order valence-corrected chi connectivity index (χ3v) is 6.02. The Hall–Kier alpha value is -4.04. The number of carboxylic acid groups (broad SMARTS) is 2. The van der Waals surface area contributed by atoms with Crippen molar-refractivity contribution in [2.45, 2.75) is 51.6 Å². The van der Waals surface area contributed by atoms with Gasteiger partial charge in [-0.2, -0.15) is 0 Å². The van der Waals surface area contributed by atoms with E-state index in [4.69, 9.17) is 29.3 Å². The van der Waals surface area contributed by atoms with Gasteiger partial charge in [0.15, 0.2) is 22.4 Å². The first-order valence-electron chi connectivity index (χ1n) is 12.0. The van der Waals surface area contributed by atoms with Crippen molar-refractivity contribution in [3.63, 3.8) is 0 Å². The zero-order chi connectivity index (χ0) is 27.4. The minimum atomic E-state index is -2.07. The van der Waals surface area contributed by atoms with Gasteiger partial charge >= 0.3 is 17.7 Å². The second-order valence-corrected chi connectivity index (χ2v) is 8.35. The lowest BCUT2D eigenvalue weighted by molar-refractivity contribution is -0.303. The van der Waals surface area contributed by atoms with Gasteiger partial charge in [-0.25, -0.2) is 9.59 Å². The number of hydrogen-bond donors (Lipinski definition) is 1. The molecule has 0 unspecified atom stereocenters. The Bertz CT molecular complexity index is 1110. The molecule has 1 amide bonds. The number of carbonyl (C=O) groups excluding carboxylic acids is 2. The quantitative estimate of drug-likeness (QED) is 0.393. The van der Waals surface area contributed by atoms with Crippen molar-refractivity contribution in [3.8, 4) is 5.75 Å². The average molecular weight is 549 g/mol. The molecule has 0 heterocycles. The summed E-state index contributed by atoms with van der Waals surface area (Å²) in [6.07, 6.45) is 5.39. The van der Waals surface area contributed by atoms with Crippen LogP contribution in [0.4, 0.5) is 21.9 Å². The second kappa shape index (κ2) is 15.9. The summed E-state index contributed by atoms with van der Waals surface area (Å²) >= 11 is 0. The summed E-state index contributed by atoms with van der Waals surface area (Å²) in [5.74, 6) is -3.52. The van der Waals surface area contributed by atoms with E-state index < -0.39 is 18.0 Å². The average Bonchev–Trinajstić information content (AvgIpc) is 2.92. The Balaban J connectivity index is 0.000000925. The summed E-state index contributed by atoms with van der Waals surface area (Å²) < 4.78 is 11.2. The monoisotopic (exact) mass is 548 g/mol. The Morgan fingerprint density at radius 3 is 2.21 bits per heavy atom. The molecule has 1 N–H and O–H groups in total. The molecule has 2 aromatic carbocycles. The van der Waals surface area contributed by atoms with Gasteiger partial charge in [-0.15, -0.1) is 12.4 Å². The number of carbonyl (C=O) groups is 3. The molecular weight excluding hydrogens is 516 g/mol. The van der Waals surface area contributed by atoms with Crippen LogP contribution < -0.4 is 19.6 Å². The fourth-order valence-corrected chi connectivity index (χ4v) is 4.24. The van der Waals surface area contributed by atoms with Crippen molar-refractivity contribution in [1.82, 2.24) is 0 Å². The molecule has 2 aromatic rings. The molecule has 12 heteroatoms. The third kappa shape index (κ3) is 8.52. The SMILES string of the molecule is CCOC(=O)N(Cc1ccccc1)c1c([N+]#N)ccc(N(C)C2CCCCC2)c1OC.Cl.O=C([O-])C(=O)O. The number of halogens is 1. The van der Waals surface area contributed by atoms with E-state index in [1.807, 2.05) is 36.4 Å². The van der Waals surface area contributed by atoms with E-state index in [0.29, 0.717) is 17.5 Å². The van der Waals surface area contributed by atoms with Gasteiger partial charge in [0.05, 0.1) is 25.9 Å². The molecule has 1 aliphatic rings. The van der Waals surface area contributed by atoms with Crippen LogP contribution in [-0.2, 0) is 20.9 Å². The lowest BCUT2D eigenvalue weighted by Crippen LogP contribution is -2.35. The number of hydrogen-bond acceptors (Lipinski definition) is 8. The van der Waals surface area contributed by atoms with Crippen molar-refractivity contribution in [2.24, 2.45) is 0 Å². The van der Waals surface area contributed by atoms with E-state index in [0.717, 1.165) is 24.1 Å². The van der Waals surface area contributed by atoms with Crippen LogP contribution >= 0.6 is 12.4 Å². The highest BCUT2D eigenvalue weighted by molar-refractivity contribution is 6.26. The lowest BCUT2D eigenvalue weighted by Gasteiger charge is -2.34. The van der Waals surface area contributed by atoms with Gasteiger partial charge in [-0.3, -0.25) is 4.90 Å². The van der Waals surface area contributed by atoms with E-state index in [1.165, 1.54) is 24.2 Å². The van der Waals surface area contributed by atoms with Gasteiger partial charge < -0.3 is 29.4 Å². The van der Waals surface area contributed by atoms with Crippen LogP contribution in [0.25, 0.3) is 4.98 Å². The van der Waals surface area contributed by atoms with E-state index in [-0.39, 0.29) is 31.2 Å². The fraction of sp³-hybridized carbons (Fsp3) is 0.423. The molecule has 1 aliphatic carbocycles. The normalized spacial score (nSPS) is 12.5. The second-order valence-electron chi connectivity index (χ2n) is 8.35. The van der Waals surface area contributed by atoms with Crippen LogP contribution in [0.15, 0.2) is 42.5 Å². The van der Waals surface area contributed by atoms with Crippen LogP contribution in [0, 0.1) is 5.39 Å². The maximum Gasteiger partial charge on any atom is 0.414 e. The summed E-state index contributed by atoms with van der Waals surface area (Å²) in [5, 5.41) is 26.0. The number of rotatable bonds is 7. The number of diazo groups is 1. The van der Waals surface area contributed by atoms with E-state index in [9.17, 15) is 10.2 Å². The Kier molecular flexibility index (Phi) is 13.4. The zero-order valence-electron chi connectivity index (χ0n) is 21.7. The lowest BCUT2D eigenvalue weighted by atomic mass is 9.94. The maximum atomic E-state index is 13.0. The van der Waals surface area contributed by atoms with Crippen molar-refractivity contribution in [3.05, 3.63) is 53.0 Å². The number of carboxylic acids is 2. The molecule has 0 aliphatic heterocycles. The first kappa shape index (κ1) is 32.0. The number of ether oxygens (including phenoxy) is 2. The van der Waals surface area contributed by atoms with Gasteiger partial charge in [-0.05, 0) is 31.4 Å². The van der Waals surface area contributed by atoms with Crippen LogP contribution in [0.1, 0.15) is 44.6 Å². The molecule has 0 spiro atoms. The summed E-state index contributed by atoms with van der Waals surface area (Å²) in [6.45, 7) is 2.26. The van der Waals surface area contributed by atoms with Gasteiger partial charge in [0.25, 0.3) is 0 Å². The van der Waals surface area contributed by atoms with Gasteiger partial charge in [0.2, 0.25) is 5.39 Å². The summed E-state index contributed by atoms with van der Waals surface area (Å²) in [4.78, 5) is 38.1. The van der Waals surface area contributed by atoms with Crippen LogP contribution in [0.5, 0.6) is 5.75 Å². The van der Waals surface area contributed by atoms with Gasteiger partial charge in [-0.1, -0.05) is 49.6 Å². The molecular formula is C26H33ClN4O7. The van der Waals surface area contributed by atoms with Crippen molar-refractivity contribution < 1.29 is 34.1 Å². The number of amides is 1. The maximum absolute atomic E-state index is 13.0. The van der Waals surface area contributed by atoms with Crippen LogP contribution in [0.2, 0.25) is 0 Å². The van der Waals surface area contributed by atoms with E-state index >= 15 is 0 Å². The molecule has 0 saturated heterocycles. The molecule has 0 aromatic heterocycles. The minimum absolute atomic E-state index is 0. The van der Waals surface area contributed by atoms with Gasteiger partial charge in [0.1, 0.15) is 0 Å². The molecule has 38 heavy (non-hydrogen) atoms.